The Kier molecular flexibility index (Phi) is 2.90. The zero-order valence-electron chi connectivity index (χ0n) is 9.11. The normalized spacial score (nSPS) is 11.0. The highest BCUT2D eigenvalue weighted by Crippen LogP contribution is 2.15. The van der Waals surface area contributed by atoms with Crippen LogP contribution in [0.5, 0.6) is 0 Å². The lowest BCUT2D eigenvalue weighted by Crippen LogP contribution is -1.97. The molecule has 0 unspecified atom stereocenters. The molecule has 0 fully saturated rings. The van der Waals surface area contributed by atoms with Gasteiger partial charge in [0, 0.05) is 23.8 Å². The van der Waals surface area contributed by atoms with Crippen LogP contribution in [0.25, 0.3) is 10.9 Å². The van der Waals surface area contributed by atoms with Gasteiger partial charge in [-0.15, -0.1) is 0 Å². The summed E-state index contributed by atoms with van der Waals surface area (Å²) in [5.74, 6) is 0. The van der Waals surface area contributed by atoms with Crippen LogP contribution in [-0.2, 0) is 6.54 Å². The van der Waals surface area contributed by atoms with Crippen LogP contribution in [0, 0.1) is 0 Å². The van der Waals surface area contributed by atoms with E-state index in [4.69, 9.17) is 5.73 Å². The van der Waals surface area contributed by atoms with Crippen molar-refractivity contribution in [2.75, 3.05) is 5.73 Å². The smallest absolute Gasteiger partial charge is 0.0943 e. The van der Waals surface area contributed by atoms with Gasteiger partial charge in [0.1, 0.15) is 0 Å². The molecule has 0 spiro atoms. The number of benzene rings is 1. The van der Waals surface area contributed by atoms with Gasteiger partial charge >= 0.3 is 0 Å². The molecule has 0 aliphatic carbocycles. The molecule has 3 nitrogen and oxygen atoms in total. The van der Waals surface area contributed by atoms with Gasteiger partial charge in [-0.05, 0) is 24.6 Å². The van der Waals surface area contributed by atoms with Crippen molar-refractivity contribution in [3.05, 3.63) is 24.4 Å². The van der Waals surface area contributed by atoms with Crippen LogP contribution in [0.2, 0.25) is 0 Å². The molecule has 2 aromatic rings. The van der Waals surface area contributed by atoms with E-state index in [2.05, 4.69) is 18.2 Å². The van der Waals surface area contributed by atoms with Crippen LogP contribution < -0.4 is 5.73 Å². The van der Waals surface area contributed by atoms with E-state index in [0.29, 0.717) is 0 Å². The molecule has 0 saturated heterocycles. The molecule has 0 saturated carbocycles. The second kappa shape index (κ2) is 4.34. The number of hydrogen-bond donors (Lipinski definition) is 1. The Morgan fingerprint density at radius 2 is 2.20 bits per heavy atom. The van der Waals surface area contributed by atoms with Crippen molar-refractivity contribution >= 4 is 16.6 Å². The molecule has 1 aromatic carbocycles. The molecule has 80 valence electrons. The lowest BCUT2D eigenvalue weighted by molar-refractivity contribution is 0.557. The fourth-order valence-electron chi connectivity index (χ4n) is 1.72. The monoisotopic (exact) mass is 203 g/mol. The van der Waals surface area contributed by atoms with Crippen molar-refractivity contribution < 1.29 is 0 Å². The van der Waals surface area contributed by atoms with Crippen molar-refractivity contribution in [3.63, 3.8) is 0 Å². The minimum Gasteiger partial charge on any atom is -0.399 e. The van der Waals surface area contributed by atoms with E-state index < -0.39 is 0 Å². The Bertz CT molecular complexity index is 445. The van der Waals surface area contributed by atoms with Gasteiger partial charge in [0.2, 0.25) is 0 Å². The van der Waals surface area contributed by atoms with Crippen LogP contribution >= 0.6 is 0 Å². The summed E-state index contributed by atoms with van der Waals surface area (Å²) >= 11 is 0. The zero-order valence-corrected chi connectivity index (χ0v) is 9.11. The van der Waals surface area contributed by atoms with Crippen LogP contribution in [0.4, 0.5) is 5.69 Å². The second-order valence-corrected chi connectivity index (χ2v) is 3.92. The van der Waals surface area contributed by atoms with Gasteiger partial charge in [-0.1, -0.05) is 19.8 Å². The molecule has 0 aliphatic rings. The lowest BCUT2D eigenvalue weighted by Gasteiger charge is -1.98. The van der Waals surface area contributed by atoms with E-state index in [1.165, 1.54) is 24.6 Å². The van der Waals surface area contributed by atoms with Crippen molar-refractivity contribution in [2.24, 2.45) is 0 Å². The standard InChI is InChI=1S/C12H17N3/c1-2-3-4-7-15-9-10-5-6-11(13)8-12(10)14-15/h5-6,8-9H,2-4,7,13H2,1H3. The van der Waals surface area contributed by atoms with Crippen molar-refractivity contribution in [1.29, 1.82) is 0 Å². The van der Waals surface area contributed by atoms with Crippen LogP contribution in [-0.4, -0.2) is 9.78 Å². The SMILES string of the molecule is CCCCCn1cc2ccc(N)cc2n1. The number of aryl methyl sites for hydroxylation is 1. The maximum atomic E-state index is 5.71. The maximum Gasteiger partial charge on any atom is 0.0943 e. The van der Waals surface area contributed by atoms with Gasteiger partial charge in [0.15, 0.2) is 0 Å². The van der Waals surface area contributed by atoms with E-state index in [1.54, 1.807) is 0 Å². The fourth-order valence-corrected chi connectivity index (χ4v) is 1.72. The minimum atomic E-state index is 0.779. The molecule has 0 aliphatic heterocycles. The number of aromatic nitrogens is 2. The van der Waals surface area contributed by atoms with Crippen molar-refractivity contribution in [1.82, 2.24) is 9.78 Å². The number of fused-ring (bicyclic) bond motifs is 1. The Labute approximate surface area is 89.9 Å². The average molecular weight is 203 g/mol. The fraction of sp³-hybridized carbons (Fsp3) is 0.417. The Balaban J connectivity index is 2.16. The Hall–Kier alpha value is -1.51. The number of hydrogen-bond acceptors (Lipinski definition) is 2. The first kappa shape index (κ1) is 10.0. The highest BCUT2D eigenvalue weighted by molar-refractivity contribution is 5.81. The summed E-state index contributed by atoms with van der Waals surface area (Å²) < 4.78 is 2.01. The Morgan fingerprint density at radius 1 is 1.33 bits per heavy atom. The van der Waals surface area contributed by atoms with E-state index in [1.807, 2.05) is 22.9 Å². The average Bonchev–Trinajstić information content (AvgIpc) is 2.60. The molecule has 0 bridgehead atoms. The van der Waals surface area contributed by atoms with Gasteiger partial charge in [0.25, 0.3) is 0 Å². The van der Waals surface area contributed by atoms with Gasteiger partial charge in [-0.2, -0.15) is 5.10 Å². The van der Waals surface area contributed by atoms with E-state index in [0.717, 1.165) is 17.7 Å². The van der Waals surface area contributed by atoms with E-state index in [9.17, 15) is 0 Å². The molecule has 15 heavy (non-hydrogen) atoms. The number of nitrogens with two attached hydrogens (primary N) is 1. The molecule has 1 aromatic heterocycles. The first-order valence-electron chi connectivity index (χ1n) is 5.52. The first-order valence-corrected chi connectivity index (χ1v) is 5.52. The summed E-state index contributed by atoms with van der Waals surface area (Å²) in [4.78, 5) is 0. The van der Waals surface area contributed by atoms with Crippen LogP contribution in [0.15, 0.2) is 24.4 Å². The third-order valence-electron chi connectivity index (χ3n) is 2.57. The predicted octanol–water partition coefficient (Wildman–Crippen LogP) is 2.81. The predicted molar refractivity (Wildman–Crippen MR) is 63.7 cm³/mol. The van der Waals surface area contributed by atoms with E-state index >= 15 is 0 Å². The van der Waals surface area contributed by atoms with Crippen molar-refractivity contribution in [3.8, 4) is 0 Å². The van der Waals surface area contributed by atoms with Crippen LogP contribution in [0.3, 0.4) is 0 Å². The highest BCUT2D eigenvalue weighted by Gasteiger charge is 2.00. The molecule has 0 atom stereocenters. The molecular formula is C12H17N3. The van der Waals surface area contributed by atoms with Crippen LogP contribution in [0.1, 0.15) is 26.2 Å². The first-order chi connectivity index (χ1) is 7.29. The third-order valence-corrected chi connectivity index (χ3v) is 2.57. The quantitative estimate of drug-likeness (QED) is 0.613. The topological polar surface area (TPSA) is 43.8 Å². The number of nitrogens with zero attached hydrogens (tertiary/aromatic N) is 2. The lowest BCUT2D eigenvalue weighted by atomic mass is 10.2. The number of anilines is 1. The van der Waals surface area contributed by atoms with Crippen molar-refractivity contribution in [2.45, 2.75) is 32.7 Å². The second-order valence-electron chi connectivity index (χ2n) is 3.92. The summed E-state index contributed by atoms with van der Waals surface area (Å²) in [7, 11) is 0. The molecule has 0 radical (unpaired) electrons. The largest absolute Gasteiger partial charge is 0.399 e. The zero-order chi connectivity index (χ0) is 10.7. The molecule has 3 heteroatoms. The molecule has 0 amide bonds. The molecule has 1 heterocycles. The van der Waals surface area contributed by atoms with Gasteiger partial charge < -0.3 is 5.73 Å². The summed E-state index contributed by atoms with van der Waals surface area (Å²) in [5.41, 5.74) is 7.48. The van der Waals surface area contributed by atoms with Gasteiger partial charge in [-0.25, -0.2) is 0 Å². The summed E-state index contributed by atoms with van der Waals surface area (Å²) in [6, 6.07) is 5.86. The third kappa shape index (κ3) is 2.29. The summed E-state index contributed by atoms with van der Waals surface area (Å²) in [6.07, 6.45) is 5.79. The molecule has 2 rings (SSSR count). The maximum absolute atomic E-state index is 5.71. The van der Waals surface area contributed by atoms with Gasteiger partial charge in [0.05, 0.1) is 5.52 Å². The van der Waals surface area contributed by atoms with Gasteiger partial charge in [-0.3, -0.25) is 4.68 Å². The summed E-state index contributed by atoms with van der Waals surface area (Å²) in [5, 5.41) is 5.65. The number of nitrogen functional groups attached to an aromatic ring is 1. The molecule has 2 N–H and O–H groups in total. The minimum absolute atomic E-state index is 0.779. The Morgan fingerprint density at radius 3 is 3.00 bits per heavy atom. The van der Waals surface area contributed by atoms with E-state index in [-0.39, 0.29) is 0 Å². The number of unbranched alkanes of at least 4 members (excludes halogenated alkanes) is 2. The molecular weight excluding hydrogens is 186 g/mol. The highest BCUT2D eigenvalue weighted by atomic mass is 15.3. The number of rotatable bonds is 4. The summed E-state index contributed by atoms with van der Waals surface area (Å²) in [6.45, 7) is 3.21.